The smallest absolute Gasteiger partial charge is 0.410 e. The van der Waals surface area contributed by atoms with E-state index in [4.69, 9.17) is 9.84 Å². The molecule has 1 aliphatic heterocycles. The number of nitrogens with zero attached hydrogens (tertiary/aromatic N) is 3. The van der Waals surface area contributed by atoms with Gasteiger partial charge in [0.2, 0.25) is 0 Å². The molecule has 1 amide bonds. The number of ether oxygens (including phenoxy) is 1. The number of carbonyl (C=O) groups excluding carboxylic acids is 1. The lowest BCUT2D eigenvalue weighted by atomic mass is 9.93. The van der Waals surface area contributed by atoms with Gasteiger partial charge >= 0.3 is 6.09 Å². The molecule has 3 rings (SSSR count). The summed E-state index contributed by atoms with van der Waals surface area (Å²) < 4.78 is 7.49. The van der Waals surface area contributed by atoms with E-state index in [0.717, 1.165) is 38.0 Å². The zero-order chi connectivity index (χ0) is 18.7. The lowest BCUT2D eigenvalue weighted by Crippen LogP contribution is -2.41. The summed E-state index contributed by atoms with van der Waals surface area (Å²) in [5, 5.41) is 4.70. The minimum Gasteiger partial charge on any atom is -0.444 e. The molecule has 0 radical (unpaired) electrons. The summed E-state index contributed by atoms with van der Waals surface area (Å²) >= 11 is 0. The van der Waals surface area contributed by atoms with E-state index in [0.29, 0.717) is 5.92 Å². The molecule has 0 N–H and O–H groups in total. The first kappa shape index (κ1) is 18.5. The van der Waals surface area contributed by atoms with Gasteiger partial charge in [-0.3, -0.25) is 4.68 Å². The molecule has 1 aromatic carbocycles. The van der Waals surface area contributed by atoms with Crippen molar-refractivity contribution in [1.29, 1.82) is 0 Å². The topological polar surface area (TPSA) is 47.4 Å². The predicted molar refractivity (Wildman–Crippen MR) is 102 cm³/mol. The number of piperidine rings is 1. The number of benzene rings is 1. The zero-order valence-electron chi connectivity index (χ0n) is 16.2. The number of aromatic nitrogens is 2. The number of amides is 1. The van der Waals surface area contributed by atoms with Crippen LogP contribution in [-0.4, -0.2) is 39.5 Å². The Hall–Kier alpha value is -2.30. The van der Waals surface area contributed by atoms with Crippen molar-refractivity contribution in [3.8, 4) is 0 Å². The summed E-state index contributed by atoms with van der Waals surface area (Å²) in [6.45, 7) is 7.18. The van der Waals surface area contributed by atoms with Crippen molar-refractivity contribution in [3.63, 3.8) is 0 Å². The Bertz CT molecular complexity index is 738. The molecule has 2 aromatic rings. The molecular weight excluding hydrogens is 326 g/mol. The van der Waals surface area contributed by atoms with E-state index in [1.54, 1.807) is 0 Å². The first-order chi connectivity index (χ1) is 12.3. The largest absolute Gasteiger partial charge is 0.444 e. The Morgan fingerprint density at radius 1 is 1.19 bits per heavy atom. The number of likely N-dealkylation sites (tertiary alicyclic amines) is 1. The maximum absolute atomic E-state index is 12.2. The molecule has 0 saturated carbocycles. The van der Waals surface area contributed by atoms with Crippen molar-refractivity contribution in [3.05, 3.63) is 53.3 Å². The summed E-state index contributed by atoms with van der Waals surface area (Å²) in [5.41, 5.74) is 3.20. The second kappa shape index (κ2) is 7.52. The monoisotopic (exact) mass is 355 g/mol. The minimum atomic E-state index is -0.442. The van der Waals surface area contributed by atoms with Gasteiger partial charge in [0.05, 0.1) is 5.69 Å². The first-order valence-electron chi connectivity index (χ1n) is 9.36. The van der Waals surface area contributed by atoms with Crippen LogP contribution in [0.2, 0.25) is 0 Å². The van der Waals surface area contributed by atoms with Crippen molar-refractivity contribution in [2.24, 2.45) is 7.05 Å². The molecular formula is C21H29N3O2. The van der Waals surface area contributed by atoms with Gasteiger partial charge in [-0.25, -0.2) is 4.79 Å². The number of aryl methyl sites for hydroxylation is 1. The molecule has 0 bridgehead atoms. The highest BCUT2D eigenvalue weighted by Gasteiger charge is 2.28. The molecule has 1 aromatic heterocycles. The van der Waals surface area contributed by atoms with Crippen LogP contribution in [0.1, 0.15) is 56.5 Å². The maximum atomic E-state index is 12.2. The number of rotatable bonds is 3. The predicted octanol–water partition coefficient (Wildman–Crippen LogP) is 4.13. The van der Waals surface area contributed by atoms with E-state index >= 15 is 0 Å². The number of hydrogen-bond acceptors (Lipinski definition) is 3. The fourth-order valence-corrected chi connectivity index (χ4v) is 3.50. The van der Waals surface area contributed by atoms with Crippen LogP contribution in [-0.2, 0) is 18.2 Å². The Kier molecular flexibility index (Phi) is 5.35. The van der Waals surface area contributed by atoms with Gasteiger partial charge in [-0.15, -0.1) is 0 Å². The highest BCUT2D eigenvalue weighted by atomic mass is 16.6. The van der Waals surface area contributed by atoms with Crippen molar-refractivity contribution in [1.82, 2.24) is 14.7 Å². The average Bonchev–Trinajstić information content (AvgIpc) is 2.94. The molecule has 140 valence electrons. The molecule has 1 fully saturated rings. The van der Waals surface area contributed by atoms with Crippen LogP contribution in [0.5, 0.6) is 0 Å². The van der Waals surface area contributed by atoms with Crippen LogP contribution < -0.4 is 0 Å². The molecule has 2 heterocycles. The van der Waals surface area contributed by atoms with Crippen molar-refractivity contribution in [2.45, 2.75) is 51.6 Å². The van der Waals surface area contributed by atoms with Gasteiger partial charge in [0, 0.05) is 38.2 Å². The zero-order valence-corrected chi connectivity index (χ0v) is 16.2. The van der Waals surface area contributed by atoms with E-state index < -0.39 is 5.60 Å². The summed E-state index contributed by atoms with van der Waals surface area (Å²) in [6, 6.07) is 12.6. The number of hydrogen-bond donors (Lipinski definition) is 0. The summed E-state index contributed by atoms with van der Waals surface area (Å²) in [5.74, 6) is 0.440. The number of carbonyl (C=O) groups is 1. The molecule has 5 heteroatoms. The van der Waals surface area contributed by atoms with E-state index in [-0.39, 0.29) is 6.09 Å². The van der Waals surface area contributed by atoms with Crippen LogP contribution in [0, 0.1) is 0 Å². The standard InChI is InChI=1S/C21H29N3O2/c1-21(2,3)26-20(25)24-12-10-17(11-13-24)19-15-18(22-23(19)4)14-16-8-6-5-7-9-16/h5-9,15,17H,10-14H2,1-4H3. The van der Waals surface area contributed by atoms with Gasteiger partial charge in [0.25, 0.3) is 0 Å². The molecule has 0 aliphatic carbocycles. The van der Waals surface area contributed by atoms with Gasteiger partial charge in [0.15, 0.2) is 0 Å². The van der Waals surface area contributed by atoms with Gasteiger partial charge in [-0.2, -0.15) is 5.10 Å². The van der Waals surface area contributed by atoms with Crippen LogP contribution in [0.4, 0.5) is 4.79 Å². The maximum Gasteiger partial charge on any atom is 0.410 e. The lowest BCUT2D eigenvalue weighted by molar-refractivity contribution is 0.0203. The Labute approximate surface area is 156 Å². The highest BCUT2D eigenvalue weighted by Crippen LogP contribution is 2.29. The highest BCUT2D eigenvalue weighted by molar-refractivity contribution is 5.68. The average molecular weight is 355 g/mol. The van der Waals surface area contributed by atoms with Crippen LogP contribution in [0.15, 0.2) is 36.4 Å². The quantitative estimate of drug-likeness (QED) is 0.832. The third-order valence-corrected chi connectivity index (χ3v) is 4.76. The van der Waals surface area contributed by atoms with Crippen molar-refractivity contribution >= 4 is 6.09 Å². The third-order valence-electron chi connectivity index (χ3n) is 4.76. The normalized spacial score (nSPS) is 15.9. The van der Waals surface area contributed by atoms with Crippen LogP contribution >= 0.6 is 0 Å². The Balaban J connectivity index is 1.60. The van der Waals surface area contributed by atoms with E-state index in [2.05, 4.69) is 30.3 Å². The van der Waals surface area contributed by atoms with Crippen LogP contribution in [0.25, 0.3) is 0 Å². The SMILES string of the molecule is Cn1nc(Cc2ccccc2)cc1C1CCN(C(=O)OC(C)(C)C)CC1. The van der Waals surface area contributed by atoms with E-state index in [1.165, 1.54) is 11.3 Å². The van der Waals surface area contributed by atoms with Crippen LogP contribution in [0.3, 0.4) is 0 Å². The van der Waals surface area contributed by atoms with Gasteiger partial charge in [-0.1, -0.05) is 30.3 Å². The fraction of sp³-hybridized carbons (Fsp3) is 0.524. The van der Waals surface area contributed by atoms with Gasteiger partial charge < -0.3 is 9.64 Å². The molecule has 1 saturated heterocycles. The molecule has 1 aliphatic rings. The third kappa shape index (κ3) is 4.65. The second-order valence-corrected chi connectivity index (χ2v) is 8.09. The van der Waals surface area contributed by atoms with Gasteiger partial charge in [-0.05, 0) is 45.2 Å². The van der Waals surface area contributed by atoms with Gasteiger partial charge in [0.1, 0.15) is 5.60 Å². The van der Waals surface area contributed by atoms with Crippen molar-refractivity contribution < 1.29 is 9.53 Å². The van der Waals surface area contributed by atoms with Crippen molar-refractivity contribution in [2.75, 3.05) is 13.1 Å². The Morgan fingerprint density at radius 2 is 1.85 bits per heavy atom. The molecule has 0 spiro atoms. The first-order valence-corrected chi connectivity index (χ1v) is 9.36. The van der Waals surface area contributed by atoms with E-state index in [9.17, 15) is 4.79 Å². The fourth-order valence-electron chi connectivity index (χ4n) is 3.50. The van der Waals surface area contributed by atoms with E-state index in [1.807, 2.05) is 43.5 Å². The molecule has 0 atom stereocenters. The molecule has 0 unspecified atom stereocenters. The molecule has 5 nitrogen and oxygen atoms in total. The minimum absolute atomic E-state index is 0.203. The lowest BCUT2D eigenvalue weighted by Gasteiger charge is -2.33. The summed E-state index contributed by atoms with van der Waals surface area (Å²) in [6.07, 6.45) is 2.55. The summed E-state index contributed by atoms with van der Waals surface area (Å²) in [4.78, 5) is 14.0. The summed E-state index contributed by atoms with van der Waals surface area (Å²) in [7, 11) is 2.02. The second-order valence-electron chi connectivity index (χ2n) is 8.09. The molecule has 26 heavy (non-hydrogen) atoms. The Morgan fingerprint density at radius 3 is 2.46 bits per heavy atom.